The van der Waals surface area contributed by atoms with Crippen LogP contribution < -0.4 is 16.6 Å². The van der Waals surface area contributed by atoms with E-state index in [0.717, 1.165) is 43.1 Å². The third kappa shape index (κ3) is 5.93. The standard InChI is InChI=1S/C21H33N5O3S/c1-5-8-9-10-11-15-23-18-17(19(24-15)30-14-16(27)22-12-6-2)20(28)25(4)21(29)26(18)13-7-3/h5-14H2,1-4H3,(H,22,27). The van der Waals surface area contributed by atoms with Gasteiger partial charge < -0.3 is 5.32 Å². The smallest absolute Gasteiger partial charge is 0.332 e. The fourth-order valence-electron chi connectivity index (χ4n) is 3.18. The number of unbranched alkanes of at least 4 members (excludes halogenated alkanes) is 3. The van der Waals surface area contributed by atoms with Gasteiger partial charge in [-0.1, -0.05) is 51.8 Å². The van der Waals surface area contributed by atoms with E-state index >= 15 is 0 Å². The van der Waals surface area contributed by atoms with Crippen molar-refractivity contribution in [2.45, 2.75) is 77.3 Å². The van der Waals surface area contributed by atoms with Crippen molar-refractivity contribution in [1.82, 2.24) is 24.4 Å². The predicted octanol–water partition coefficient (Wildman–Crippen LogP) is 2.64. The van der Waals surface area contributed by atoms with Gasteiger partial charge in [0.25, 0.3) is 5.56 Å². The summed E-state index contributed by atoms with van der Waals surface area (Å²) in [6.45, 7) is 7.21. The topological polar surface area (TPSA) is 98.9 Å². The molecule has 0 atom stereocenters. The van der Waals surface area contributed by atoms with Crippen LogP contribution in [0.4, 0.5) is 0 Å². The van der Waals surface area contributed by atoms with Gasteiger partial charge in [-0.25, -0.2) is 14.8 Å². The number of nitrogens with zero attached hydrogens (tertiary/aromatic N) is 4. The van der Waals surface area contributed by atoms with Crippen LogP contribution in [-0.2, 0) is 24.8 Å². The quantitative estimate of drug-likeness (QED) is 0.313. The summed E-state index contributed by atoms with van der Waals surface area (Å²) in [6.07, 6.45) is 6.60. The van der Waals surface area contributed by atoms with Crippen molar-refractivity contribution in [2.75, 3.05) is 12.3 Å². The fourth-order valence-corrected chi connectivity index (χ4v) is 4.04. The van der Waals surface area contributed by atoms with Crippen LogP contribution in [0.25, 0.3) is 11.0 Å². The van der Waals surface area contributed by atoms with E-state index in [-0.39, 0.29) is 17.3 Å². The average Bonchev–Trinajstić information content (AvgIpc) is 2.74. The van der Waals surface area contributed by atoms with Gasteiger partial charge >= 0.3 is 5.69 Å². The SMILES string of the molecule is CCCCCCc1nc(SCC(=O)NCCC)c2c(=O)n(C)c(=O)n(CCC)c2n1. The van der Waals surface area contributed by atoms with Gasteiger partial charge in [0.05, 0.1) is 5.75 Å². The van der Waals surface area contributed by atoms with E-state index in [1.807, 2.05) is 13.8 Å². The molecule has 2 heterocycles. The Morgan fingerprint density at radius 1 is 1.03 bits per heavy atom. The Hall–Kier alpha value is -2.16. The van der Waals surface area contributed by atoms with Crippen LogP contribution in [-0.4, -0.2) is 37.3 Å². The summed E-state index contributed by atoms with van der Waals surface area (Å²) >= 11 is 1.23. The lowest BCUT2D eigenvalue weighted by molar-refractivity contribution is -0.118. The minimum absolute atomic E-state index is 0.100. The minimum atomic E-state index is -0.420. The highest BCUT2D eigenvalue weighted by Gasteiger charge is 2.19. The highest BCUT2D eigenvalue weighted by Crippen LogP contribution is 2.23. The van der Waals surface area contributed by atoms with Crippen molar-refractivity contribution in [3.05, 3.63) is 26.7 Å². The molecule has 0 fully saturated rings. The lowest BCUT2D eigenvalue weighted by Gasteiger charge is -2.14. The van der Waals surface area contributed by atoms with Crippen LogP contribution in [0, 0.1) is 0 Å². The lowest BCUT2D eigenvalue weighted by atomic mass is 10.1. The number of hydrogen-bond donors (Lipinski definition) is 1. The third-order valence-electron chi connectivity index (χ3n) is 4.81. The number of carbonyl (C=O) groups is 1. The van der Waals surface area contributed by atoms with E-state index in [2.05, 4.69) is 22.2 Å². The van der Waals surface area contributed by atoms with Crippen molar-refractivity contribution in [2.24, 2.45) is 7.05 Å². The molecule has 166 valence electrons. The summed E-state index contributed by atoms with van der Waals surface area (Å²) in [7, 11) is 1.47. The molecule has 0 unspecified atom stereocenters. The van der Waals surface area contributed by atoms with Gasteiger partial charge in [-0.05, 0) is 19.3 Å². The maximum Gasteiger partial charge on any atom is 0.332 e. The van der Waals surface area contributed by atoms with Crippen LogP contribution in [0.3, 0.4) is 0 Å². The Morgan fingerprint density at radius 3 is 2.47 bits per heavy atom. The lowest BCUT2D eigenvalue weighted by Crippen LogP contribution is -2.39. The van der Waals surface area contributed by atoms with Crippen molar-refractivity contribution in [3.8, 4) is 0 Å². The Morgan fingerprint density at radius 2 is 1.80 bits per heavy atom. The molecular formula is C21H33N5O3S. The first kappa shape index (κ1) is 24.1. The zero-order chi connectivity index (χ0) is 22.1. The summed E-state index contributed by atoms with van der Waals surface area (Å²) in [5.74, 6) is 0.682. The molecule has 2 rings (SSSR count). The molecule has 30 heavy (non-hydrogen) atoms. The first-order valence-electron chi connectivity index (χ1n) is 10.8. The molecule has 0 saturated carbocycles. The number of amides is 1. The van der Waals surface area contributed by atoms with Crippen LogP contribution in [0.2, 0.25) is 0 Å². The number of carbonyl (C=O) groups excluding carboxylic acids is 1. The highest BCUT2D eigenvalue weighted by atomic mass is 32.2. The number of fused-ring (bicyclic) bond motifs is 1. The van der Waals surface area contributed by atoms with Crippen molar-refractivity contribution < 1.29 is 4.79 Å². The molecule has 0 saturated heterocycles. The summed E-state index contributed by atoms with van der Waals surface area (Å²) in [5, 5.41) is 3.63. The maximum atomic E-state index is 12.9. The zero-order valence-electron chi connectivity index (χ0n) is 18.5. The molecule has 2 aromatic rings. The van der Waals surface area contributed by atoms with E-state index < -0.39 is 5.56 Å². The first-order chi connectivity index (χ1) is 14.4. The van der Waals surface area contributed by atoms with Gasteiger partial charge in [0.15, 0.2) is 5.65 Å². The van der Waals surface area contributed by atoms with E-state index in [9.17, 15) is 14.4 Å². The molecule has 0 aliphatic rings. The molecule has 9 heteroatoms. The predicted molar refractivity (Wildman–Crippen MR) is 121 cm³/mol. The van der Waals surface area contributed by atoms with E-state index in [1.165, 1.54) is 18.8 Å². The second-order valence-electron chi connectivity index (χ2n) is 7.39. The molecule has 0 aliphatic heterocycles. The largest absolute Gasteiger partial charge is 0.355 e. The summed E-state index contributed by atoms with van der Waals surface area (Å²) in [6, 6.07) is 0. The van der Waals surface area contributed by atoms with Gasteiger partial charge in [0.2, 0.25) is 5.91 Å². The van der Waals surface area contributed by atoms with Gasteiger partial charge in [-0.15, -0.1) is 0 Å². The molecule has 0 aliphatic carbocycles. The molecule has 0 spiro atoms. The molecule has 1 amide bonds. The Balaban J connectivity index is 2.52. The van der Waals surface area contributed by atoms with E-state index in [0.29, 0.717) is 41.4 Å². The number of hydrogen-bond acceptors (Lipinski definition) is 6. The molecule has 0 radical (unpaired) electrons. The zero-order valence-corrected chi connectivity index (χ0v) is 19.3. The number of nitrogens with one attached hydrogen (secondary N) is 1. The molecular weight excluding hydrogens is 402 g/mol. The van der Waals surface area contributed by atoms with Crippen LogP contribution in [0.15, 0.2) is 14.6 Å². The van der Waals surface area contributed by atoms with Crippen LogP contribution in [0.5, 0.6) is 0 Å². The molecule has 2 aromatic heterocycles. The van der Waals surface area contributed by atoms with Crippen LogP contribution >= 0.6 is 11.8 Å². The van der Waals surface area contributed by atoms with Crippen LogP contribution in [0.1, 0.15) is 65.1 Å². The summed E-state index contributed by atoms with van der Waals surface area (Å²) < 4.78 is 2.65. The van der Waals surface area contributed by atoms with Gasteiger partial charge in [0, 0.05) is 26.6 Å². The third-order valence-corrected chi connectivity index (χ3v) is 5.78. The van der Waals surface area contributed by atoms with Crippen molar-refractivity contribution >= 4 is 28.7 Å². The van der Waals surface area contributed by atoms with Crippen molar-refractivity contribution in [3.63, 3.8) is 0 Å². The number of rotatable bonds is 12. The average molecular weight is 436 g/mol. The first-order valence-corrected chi connectivity index (χ1v) is 11.8. The number of thioether (sulfide) groups is 1. The van der Waals surface area contributed by atoms with E-state index in [1.54, 1.807) is 4.57 Å². The maximum absolute atomic E-state index is 12.9. The molecule has 0 bridgehead atoms. The molecule has 8 nitrogen and oxygen atoms in total. The van der Waals surface area contributed by atoms with Gasteiger partial charge in [-0.3, -0.25) is 18.7 Å². The summed E-state index contributed by atoms with van der Waals surface area (Å²) in [5.41, 5.74) is -0.417. The molecule has 0 aromatic carbocycles. The van der Waals surface area contributed by atoms with Gasteiger partial charge in [0.1, 0.15) is 16.2 Å². The Bertz CT molecular complexity index is 983. The van der Waals surface area contributed by atoms with Crippen molar-refractivity contribution in [1.29, 1.82) is 0 Å². The number of aryl methyl sites for hydroxylation is 2. The normalized spacial score (nSPS) is 11.2. The van der Waals surface area contributed by atoms with E-state index in [4.69, 9.17) is 0 Å². The van der Waals surface area contributed by atoms with Gasteiger partial charge in [-0.2, -0.15) is 0 Å². The Kier molecular flexibility index (Phi) is 9.55. The Labute approximate surface area is 181 Å². The minimum Gasteiger partial charge on any atom is -0.355 e. The number of aromatic nitrogens is 4. The highest BCUT2D eigenvalue weighted by molar-refractivity contribution is 8.00. The monoisotopic (exact) mass is 435 g/mol. The second-order valence-corrected chi connectivity index (χ2v) is 8.36. The summed E-state index contributed by atoms with van der Waals surface area (Å²) in [4.78, 5) is 46.9. The second kappa shape index (κ2) is 11.9. The fraction of sp³-hybridized carbons (Fsp3) is 0.667. The molecule has 1 N–H and O–H groups in total.